The molecule has 2 atom stereocenters. The Morgan fingerprint density at radius 3 is 2.68 bits per heavy atom. The van der Waals surface area contributed by atoms with E-state index in [1.807, 2.05) is 20.9 Å². The van der Waals surface area contributed by atoms with Crippen LogP contribution in [0.4, 0.5) is 0 Å². The van der Waals surface area contributed by atoms with E-state index in [0.717, 1.165) is 19.4 Å². The highest BCUT2D eigenvalue weighted by atomic mass is 16.5. The van der Waals surface area contributed by atoms with Gasteiger partial charge in [-0.2, -0.15) is 4.98 Å². The highest BCUT2D eigenvalue weighted by Crippen LogP contribution is 2.30. The molecule has 2 aliphatic rings. The molecule has 8 heteroatoms. The Morgan fingerprint density at radius 1 is 1.28 bits per heavy atom. The molecule has 0 spiro atoms. The van der Waals surface area contributed by atoms with Crippen molar-refractivity contribution >= 4 is 5.91 Å². The van der Waals surface area contributed by atoms with Crippen LogP contribution < -0.4 is 5.32 Å². The van der Waals surface area contributed by atoms with Crippen molar-refractivity contribution in [1.82, 2.24) is 20.4 Å². The summed E-state index contributed by atoms with van der Waals surface area (Å²) < 4.78 is 16.6. The summed E-state index contributed by atoms with van der Waals surface area (Å²) in [4.78, 5) is 19.3. The maximum atomic E-state index is 12.7. The molecule has 2 saturated heterocycles. The number of aromatic nitrogens is 2. The molecule has 0 radical (unpaired) electrons. The highest BCUT2D eigenvalue weighted by molar-refractivity contribution is 5.81. The van der Waals surface area contributed by atoms with E-state index in [4.69, 9.17) is 14.0 Å². The summed E-state index contributed by atoms with van der Waals surface area (Å²) in [5.74, 6) is 1.42. The van der Waals surface area contributed by atoms with E-state index in [-0.39, 0.29) is 23.8 Å². The number of nitrogens with one attached hydrogen (secondary N) is 1. The third-order valence-corrected chi connectivity index (χ3v) is 4.84. The van der Waals surface area contributed by atoms with E-state index < -0.39 is 6.10 Å². The molecule has 0 aliphatic carbocycles. The zero-order valence-corrected chi connectivity index (χ0v) is 15.2. The Hall–Kier alpha value is -1.51. The van der Waals surface area contributed by atoms with Crippen molar-refractivity contribution in [3.05, 3.63) is 11.7 Å². The molecule has 3 rings (SSSR count). The lowest BCUT2D eigenvalue weighted by Gasteiger charge is -2.32. The van der Waals surface area contributed by atoms with Gasteiger partial charge in [0.1, 0.15) is 12.1 Å². The second-order valence-corrected chi connectivity index (χ2v) is 7.20. The van der Waals surface area contributed by atoms with Gasteiger partial charge < -0.3 is 24.2 Å². The number of nitrogens with zero attached hydrogens (tertiary/aromatic N) is 3. The second-order valence-electron chi connectivity index (χ2n) is 7.20. The average Bonchev–Trinajstić information content (AvgIpc) is 3.10. The first-order chi connectivity index (χ1) is 12.0. The molecule has 8 nitrogen and oxygen atoms in total. The Labute approximate surface area is 148 Å². The van der Waals surface area contributed by atoms with Crippen LogP contribution in [-0.4, -0.2) is 67.0 Å². The first-order valence-corrected chi connectivity index (χ1v) is 9.06. The Bertz CT molecular complexity index is 571. The van der Waals surface area contributed by atoms with E-state index in [9.17, 15) is 4.79 Å². The third-order valence-electron chi connectivity index (χ3n) is 4.84. The lowest BCUT2D eigenvalue weighted by Crippen LogP contribution is -2.50. The number of carbonyl (C=O) groups excluding carboxylic acids is 1. The molecule has 1 amide bonds. The maximum Gasteiger partial charge on any atom is 0.251 e. The first kappa shape index (κ1) is 18.3. The molecule has 2 aliphatic heterocycles. The number of likely N-dealkylation sites (N-methyl/N-ethyl adjacent to an activating group) is 1. The summed E-state index contributed by atoms with van der Waals surface area (Å²) in [6.45, 7) is 7.40. The van der Waals surface area contributed by atoms with Crippen molar-refractivity contribution in [2.24, 2.45) is 5.92 Å². The molecule has 1 N–H and O–H groups in total. The van der Waals surface area contributed by atoms with Gasteiger partial charge in [-0.05, 0) is 25.8 Å². The van der Waals surface area contributed by atoms with Crippen LogP contribution in [0.15, 0.2) is 4.52 Å². The van der Waals surface area contributed by atoms with Crippen LogP contribution in [0.2, 0.25) is 0 Å². The fourth-order valence-electron chi connectivity index (χ4n) is 3.22. The van der Waals surface area contributed by atoms with Crippen LogP contribution in [0.1, 0.15) is 50.4 Å². The number of hydrogen-bond acceptors (Lipinski definition) is 7. The number of rotatable bonds is 5. The number of morpholine rings is 1. The van der Waals surface area contributed by atoms with Crippen molar-refractivity contribution in [2.45, 2.75) is 44.8 Å². The van der Waals surface area contributed by atoms with Gasteiger partial charge in [0, 0.05) is 32.2 Å². The standard InChI is InChI=1S/C17H28N4O4/c1-11(2)15-19-17(25-20-15)14(12-4-7-23-8-5-12)18-16(22)13-10-21(3)6-9-24-13/h11-14H,4-10H2,1-3H3,(H,18,22)/t13-,14+/m0/s1. The van der Waals surface area contributed by atoms with Crippen molar-refractivity contribution in [3.63, 3.8) is 0 Å². The summed E-state index contributed by atoms with van der Waals surface area (Å²) in [7, 11) is 1.99. The molecule has 1 aromatic rings. The molecule has 140 valence electrons. The zero-order valence-electron chi connectivity index (χ0n) is 15.2. The zero-order chi connectivity index (χ0) is 17.8. The number of ether oxygens (including phenoxy) is 2. The van der Waals surface area contributed by atoms with Gasteiger partial charge in [-0.3, -0.25) is 4.79 Å². The van der Waals surface area contributed by atoms with E-state index in [1.165, 1.54) is 0 Å². The summed E-state index contributed by atoms with van der Waals surface area (Å²) >= 11 is 0. The van der Waals surface area contributed by atoms with E-state index in [2.05, 4.69) is 20.4 Å². The molecule has 0 bridgehead atoms. The first-order valence-electron chi connectivity index (χ1n) is 9.06. The van der Waals surface area contributed by atoms with E-state index >= 15 is 0 Å². The number of amides is 1. The van der Waals surface area contributed by atoms with Gasteiger partial charge >= 0.3 is 0 Å². The summed E-state index contributed by atoms with van der Waals surface area (Å²) in [6, 6.07) is -0.299. The van der Waals surface area contributed by atoms with Gasteiger partial charge in [0.25, 0.3) is 5.91 Å². The lowest BCUT2D eigenvalue weighted by atomic mass is 9.91. The fraction of sp³-hybridized carbons (Fsp3) is 0.824. The minimum atomic E-state index is -0.464. The quantitative estimate of drug-likeness (QED) is 0.849. The van der Waals surface area contributed by atoms with Crippen LogP contribution in [-0.2, 0) is 14.3 Å². The van der Waals surface area contributed by atoms with Crippen LogP contribution in [0.3, 0.4) is 0 Å². The normalized spacial score (nSPS) is 24.4. The summed E-state index contributed by atoms with van der Waals surface area (Å²) in [5.41, 5.74) is 0. The second kappa shape index (κ2) is 8.25. The molecule has 25 heavy (non-hydrogen) atoms. The molecular formula is C17H28N4O4. The molecule has 0 saturated carbocycles. The lowest BCUT2D eigenvalue weighted by molar-refractivity contribution is -0.139. The number of hydrogen-bond donors (Lipinski definition) is 1. The SMILES string of the molecule is CC(C)c1noc([C@H](NC(=O)[C@@H]2CN(C)CCO2)C2CCOCC2)n1. The summed E-state index contributed by atoms with van der Waals surface area (Å²) in [6.07, 6.45) is 1.25. The highest BCUT2D eigenvalue weighted by Gasteiger charge is 2.34. The van der Waals surface area contributed by atoms with Crippen LogP contribution in [0.5, 0.6) is 0 Å². The third kappa shape index (κ3) is 4.56. The van der Waals surface area contributed by atoms with Crippen molar-refractivity contribution < 1.29 is 18.8 Å². The molecule has 2 fully saturated rings. The van der Waals surface area contributed by atoms with Crippen molar-refractivity contribution in [1.29, 1.82) is 0 Å². The minimum absolute atomic E-state index is 0.118. The molecule has 0 aromatic carbocycles. The average molecular weight is 352 g/mol. The Kier molecular flexibility index (Phi) is 6.03. The Balaban J connectivity index is 1.74. The predicted molar refractivity (Wildman–Crippen MR) is 90.1 cm³/mol. The fourth-order valence-corrected chi connectivity index (χ4v) is 3.22. The van der Waals surface area contributed by atoms with Crippen molar-refractivity contribution in [3.8, 4) is 0 Å². The van der Waals surface area contributed by atoms with E-state index in [0.29, 0.717) is 38.1 Å². The van der Waals surface area contributed by atoms with Crippen LogP contribution in [0, 0.1) is 5.92 Å². The Morgan fingerprint density at radius 2 is 2.04 bits per heavy atom. The van der Waals surface area contributed by atoms with Gasteiger partial charge in [0.2, 0.25) is 5.89 Å². The van der Waals surface area contributed by atoms with Gasteiger partial charge in [-0.1, -0.05) is 19.0 Å². The molecule has 3 heterocycles. The minimum Gasteiger partial charge on any atom is -0.381 e. The van der Waals surface area contributed by atoms with Gasteiger partial charge in [0.15, 0.2) is 5.82 Å². The molecule has 1 aromatic heterocycles. The monoisotopic (exact) mass is 352 g/mol. The van der Waals surface area contributed by atoms with Crippen molar-refractivity contribution in [2.75, 3.05) is 40.0 Å². The van der Waals surface area contributed by atoms with Gasteiger partial charge in [-0.15, -0.1) is 0 Å². The molecular weight excluding hydrogens is 324 g/mol. The largest absolute Gasteiger partial charge is 0.381 e. The van der Waals surface area contributed by atoms with Gasteiger partial charge in [0.05, 0.1) is 6.61 Å². The smallest absolute Gasteiger partial charge is 0.251 e. The van der Waals surface area contributed by atoms with Crippen LogP contribution in [0.25, 0.3) is 0 Å². The van der Waals surface area contributed by atoms with Gasteiger partial charge in [-0.25, -0.2) is 0 Å². The van der Waals surface area contributed by atoms with Crippen LogP contribution >= 0.6 is 0 Å². The predicted octanol–water partition coefficient (Wildman–Crippen LogP) is 1.11. The topological polar surface area (TPSA) is 89.7 Å². The van der Waals surface area contributed by atoms with E-state index in [1.54, 1.807) is 0 Å². The number of carbonyl (C=O) groups is 1. The summed E-state index contributed by atoms with van der Waals surface area (Å²) in [5, 5.41) is 7.16. The maximum absolute atomic E-state index is 12.7. The molecule has 0 unspecified atom stereocenters.